The molecule has 0 unspecified atom stereocenters. The number of hydrogen-bond donors (Lipinski definition) is 2. The van der Waals surface area contributed by atoms with Crippen LogP contribution in [0.25, 0.3) is 0 Å². The summed E-state index contributed by atoms with van der Waals surface area (Å²) in [5.41, 5.74) is 2.59. The van der Waals surface area contributed by atoms with Gasteiger partial charge in [0.2, 0.25) is 0 Å². The number of carbonyl (C=O) groups excluding carboxylic acids is 3. The van der Waals surface area contributed by atoms with Gasteiger partial charge in [-0.3, -0.25) is 14.9 Å². The molecule has 0 aliphatic heterocycles. The number of imide groups is 1. The summed E-state index contributed by atoms with van der Waals surface area (Å²) in [7, 11) is 0. The number of ketones is 1. The van der Waals surface area contributed by atoms with Crippen LogP contribution in [0.3, 0.4) is 0 Å². The van der Waals surface area contributed by atoms with Gasteiger partial charge in [-0.2, -0.15) is 0 Å². The first-order valence-corrected chi connectivity index (χ1v) is 7.87. The van der Waals surface area contributed by atoms with Crippen molar-refractivity contribution in [3.05, 3.63) is 58.9 Å². The van der Waals surface area contributed by atoms with Crippen LogP contribution in [0.1, 0.15) is 28.4 Å². The largest absolute Gasteiger partial charge is 0.484 e. The van der Waals surface area contributed by atoms with E-state index in [4.69, 9.17) is 4.74 Å². The number of benzene rings is 2. The highest BCUT2D eigenvalue weighted by Gasteiger charge is 2.11. The van der Waals surface area contributed by atoms with E-state index in [2.05, 4.69) is 10.6 Å². The van der Waals surface area contributed by atoms with E-state index in [-0.39, 0.29) is 11.3 Å². The molecular weight excluding hydrogens is 339 g/mol. The van der Waals surface area contributed by atoms with Crippen molar-refractivity contribution < 1.29 is 23.5 Å². The van der Waals surface area contributed by atoms with Gasteiger partial charge in [0.05, 0.1) is 5.56 Å². The standard InChI is InChI=1S/C19H19FN2O4/c1-11-4-5-14(8-12(11)2)21-19(25)22-18(24)10-26-15-6-7-16(13(3)23)17(20)9-15/h4-9H,10H2,1-3H3,(H2,21,22,24,25). The fraction of sp³-hybridized carbons (Fsp3) is 0.211. The van der Waals surface area contributed by atoms with Crippen molar-refractivity contribution >= 4 is 23.4 Å². The number of nitrogens with one attached hydrogen (secondary N) is 2. The molecule has 136 valence electrons. The Hall–Kier alpha value is -3.22. The quantitative estimate of drug-likeness (QED) is 0.803. The predicted molar refractivity (Wildman–Crippen MR) is 95.0 cm³/mol. The van der Waals surface area contributed by atoms with Crippen molar-refractivity contribution in [3.8, 4) is 5.75 Å². The summed E-state index contributed by atoms with van der Waals surface area (Å²) >= 11 is 0. The van der Waals surface area contributed by atoms with Crippen LogP contribution in [0.4, 0.5) is 14.9 Å². The minimum absolute atomic E-state index is 0.0606. The Kier molecular flexibility index (Phi) is 6.06. The van der Waals surface area contributed by atoms with E-state index in [9.17, 15) is 18.8 Å². The van der Waals surface area contributed by atoms with Gasteiger partial charge in [0.15, 0.2) is 12.4 Å². The van der Waals surface area contributed by atoms with Crippen LogP contribution in [0, 0.1) is 19.7 Å². The monoisotopic (exact) mass is 358 g/mol. The zero-order valence-corrected chi connectivity index (χ0v) is 14.7. The predicted octanol–water partition coefficient (Wildman–Crippen LogP) is 3.37. The van der Waals surface area contributed by atoms with Gasteiger partial charge in [-0.15, -0.1) is 0 Å². The van der Waals surface area contributed by atoms with Crippen LogP contribution in [-0.4, -0.2) is 24.3 Å². The molecule has 26 heavy (non-hydrogen) atoms. The van der Waals surface area contributed by atoms with Crippen LogP contribution < -0.4 is 15.4 Å². The van der Waals surface area contributed by atoms with Gasteiger partial charge in [-0.05, 0) is 56.2 Å². The van der Waals surface area contributed by atoms with Crippen LogP contribution in [0.2, 0.25) is 0 Å². The highest BCUT2D eigenvalue weighted by atomic mass is 19.1. The van der Waals surface area contributed by atoms with Crippen molar-refractivity contribution in [3.63, 3.8) is 0 Å². The number of anilines is 1. The van der Waals surface area contributed by atoms with E-state index in [0.29, 0.717) is 5.69 Å². The molecule has 0 aromatic heterocycles. The molecule has 0 aliphatic rings. The van der Waals surface area contributed by atoms with Crippen molar-refractivity contribution in [2.45, 2.75) is 20.8 Å². The molecule has 0 atom stereocenters. The normalized spacial score (nSPS) is 10.2. The summed E-state index contributed by atoms with van der Waals surface area (Å²) < 4.78 is 18.8. The molecule has 2 rings (SSSR count). The summed E-state index contributed by atoms with van der Waals surface area (Å²) in [6.45, 7) is 4.64. The van der Waals surface area contributed by atoms with E-state index in [1.165, 1.54) is 19.1 Å². The van der Waals surface area contributed by atoms with E-state index < -0.39 is 30.1 Å². The Morgan fingerprint density at radius 3 is 2.38 bits per heavy atom. The third kappa shape index (κ3) is 5.14. The third-order valence-electron chi connectivity index (χ3n) is 3.71. The zero-order valence-electron chi connectivity index (χ0n) is 14.7. The van der Waals surface area contributed by atoms with Crippen molar-refractivity contribution in [2.24, 2.45) is 0 Å². The second-order valence-electron chi connectivity index (χ2n) is 5.79. The first kappa shape index (κ1) is 19.1. The molecule has 0 saturated heterocycles. The van der Waals surface area contributed by atoms with Crippen molar-refractivity contribution in [2.75, 3.05) is 11.9 Å². The lowest BCUT2D eigenvalue weighted by molar-refractivity contribution is -0.121. The SMILES string of the molecule is CC(=O)c1ccc(OCC(=O)NC(=O)Nc2ccc(C)c(C)c2)cc1F. The number of halogens is 1. The van der Waals surface area contributed by atoms with Gasteiger partial charge >= 0.3 is 6.03 Å². The maximum absolute atomic E-state index is 13.7. The fourth-order valence-corrected chi connectivity index (χ4v) is 2.16. The van der Waals surface area contributed by atoms with Crippen LogP contribution in [0.15, 0.2) is 36.4 Å². The van der Waals surface area contributed by atoms with Gasteiger partial charge < -0.3 is 10.1 Å². The molecule has 0 radical (unpaired) electrons. The van der Waals surface area contributed by atoms with Gasteiger partial charge in [0, 0.05) is 11.8 Å². The second-order valence-corrected chi connectivity index (χ2v) is 5.79. The van der Waals surface area contributed by atoms with Gasteiger partial charge in [-0.25, -0.2) is 9.18 Å². The Morgan fingerprint density at radius 2 is 1.77 bits per heavy atom. The molecule has 0 bridgehead atoms. The number of Topliss-reactive ketones (excluding diaryl/α,β-unsaturated/α-hetero) is 1. The summed E-state index contributed by atoms with van der Waals surface area (Å²) in [4.78, 5) is 34.7. The number of aryl methyl sites for hydroxylation is 2. The molecule has 2 aromatic rings. The van der Waals surface area contributed by atoms with Crippen LogP contribution in [0.5, 0.6) is 5.75 Å². The molecule has 0 spiro atoms. The lowest BCUT2D eigenvalue weighted by Crippen LogP contribution is -2.37. The Balaban J connectivity index is 1.86. The lowest BCUT2D eigenvalue weighted by Gasteiger charge is -2.10. The van der Waals surface area contributed by atoms with Gasteiger partial charge in [0.1, 0.15) is 11.6 Å². The number of amides is 3. The van der Waals surface area contributed by atoms with Crippen LogP contribution in [-0.2, 0) is 4.79 Å². The number of rotatable bonds is 5. The summed E-state index contributed by atoms with van der Waals surface area (Å²) in [6, 6.07) is 8.34. The second kappa shape index (κ2) is 8.24. The van der Waals surface area contributed by atoms with Crippen molar-refractivity contribution in [1.82, 2.24) is 5.32 Å². The van der Waals surface area contributed by atoms with E-state index >= 15 is 0 Å². The molecule has 0 aliphatic carbocycles. The summed E-state index contributed by atoms with van der Waals surface area (Å²) in [6.07, 6.45) is 0. The zero-order chi connectivity index (χ0) is 19.3. The average molecular weight is 358 g/mol. The van der Waals surface area contributed by atoms with Crippen molar-refractivity contribution in [1.29, 1.82) is 0 Å². The molecular formula is C19H19FN2O4. The molecule has 0 fully saturated rings. The molecule has 0 saturated carbocycles. The first-order valence-electron chi connectivity index (χ1n) is 7.87. The van der Waals surface area contributed by atoms with E-state index in [1.54, 1.807) is 12.1 Å². The Labute approximate surface area is 150 Å². The van der Waals surface area contributed by atoms with E-state index in [1.807, 2.05) is 19.9 Å². The average Bonchev–Trinajstić information content (AvgIpc) is 2.56. The molecule has 3 amide bonds. The number of ether oxygens (including phenoxy) is 1. The molecule has 2 aromatic carbocycles. The van der Waals surface area contributed by atoms with Gasteiger partial charge in [0.25, 0.3) is 5.91 Å². The molecule has 0 heterocycles. The summed E-state index contributed by atoms with van der Waals surface area (Å²) in [5.74, 6) is -1.75. The smallest absolute Gasteiger partial charge is 0.325 e. The minimum atomic E-state index is -0.733. The lowest BCUT2D eigenvalue weighted by atomic mass is 10.1. The third-order valence-corrected chi connectivity index (χ3v) is 3.71. The van der Waals surface area contributed by atoms with Crippen LogP contribution >= 0.6 is 0 Å². The first-order chi connectivity index (χ1) is 12.3. The topological polar surface area (TPSA) is 84.5 Å². The Bertz CT molecular complexity index is 865. The maximum Gasteiger partial charge on any atom is 0.325 e. The fourth-order valence-electron chi connectivity index (χ4n) is 2.16. The molecule has 2 N–H and O–H groups in total. The minimum Gasteiger partial charge on any atom is -0.484 e. The highest BCUT2D eigenvalue weighted by Crippen LogP contribution is 2.17. The number of hydrogen-bond acceptors (Lipinski definition) is 4. The Morgan fingerprint density at radius 1 is 1.04 bits per heavy atom. The molecule has 7 heteroatoms. The van der Waals surface area contributed by atoms with E-state index in [0.717, 1.165) is 17.2 Å². The number of urea groups is 1. The molecule has 6 nitrogen and oxygen atoms in total. The maximum atomic E-state index is 13.7. The van der Waals surface area contributed by atoms with Gasteiger partial charge in [-0.1, -0.05) is 6.07 Å². The number of carbonyl (C=O) groups is 3. The summed E-state index contributed by atoms with van der Waals surface area (Å²) in [5, 5.41) is 4.66. The highest BCUT2D eigenvalue weighted by molar-refractivity contribution is 6.01.